The van der Waals surface area contributed by atoms with Crippen LogP contribution in [0, 0.1) is 11.3 Å². The molecule has 0 atom stereocenters. The summed E-state index contributed by atoms with van der Waals surface area (Å²) in [6, 6.07) is 16.1. The maximum atomic E-state index is 9.95. The fourth-order valence-corrected chi connectivity index (χ4v) is 6.11. The Kier molecular flexibility index (Phi) is 8.86. The van der Waals surface area contributed by atoms with E-state index in [0.29, 0.717) is 41.0 Å². The molecule has 0 saturated carbocycles. The summed E-state index contributed by atoms with van der Waals surface area (Å²) in [7, 11) is 1.94. The molecule has 9 nitrogen and oxygen atoms in total. The van der Waals surface area contributed by atoms with E-state index < -0.39 is 0 Å². The second-order valence-electron chi connectivity index (χ2n) is 10.1. The molecule has 0 unspecified atom stereocenters. The van der Waals surface area contributed by atoms with Crippen LogP contribution in [-0.4, -0.2) is 65.5 Å². The summed E-state index contributed by atoms with van der Waals surface area (Å²) >= 11 is 8.16. The Bertz CT molecular complexity index is 1820. The highest BCUT2D eigenvalue weighted by atomic mass is 35.5. The molecule has 3 aromatic carbocycles. The van der Waals surface area contributed by atoms with E-state index in [4.69, 9.17) is 25.8 Å². The van der Waals surface area contributed by atoms with E-state index in [1.165, 1.54) is 11.8 Å². The van der Waals surface area contributed by atoms with Crippen LogP contribution in [-0.2, 0) is 11.8 Å². The van der Waals surface area contributed by atoms with Crippen molar-refractivity contribution in [2.75, 3.05) is 51.4 Å². The number of pyridine rings is 1. The zero-order valence-corrected chi connectivity index (χ0v) is 25.5. The van der Waals surface area contributed by atoms with Gasteiger partial charge in [-0.05, 0) is 60.2 Å². The Labute approximate surface area is 259 Å². The lowest BCUT2D eigenvalue weighted by Crippen LogP contribution is -2.38. The van der Waals surface area contributed by atoms with Gasteiger partial charge in [-0.25, -0.2) is 4.98 Å². The lowest BCUT2D eigenvalue weighted by atomic mass is 10.0. The van der Waals surface area contributed by atoms with Crippen LogP contribution < -0.4 is 14.8 Å². The van der Waals surface area contributed by atoms with Crippen molar-refractivity contribution in [3.05, 3.63) is 71.6 Å². The van der Waals surface area contributed by atoms with Crippen LogP contribution in [0.2, 0.25) is 5.02 Å². The first-order valence-corrected chi connectivity index (χ1v) is 15.3. The fourth-order valence-electron chi connectivity index (χ4n) is 5.01. The van der Waals surface area contributed by atoms with Gasteiger partial charge in [0.05, 0.1) is 41.6 Å². The number of aryl methyl sites for hydroxylation is 1. The van der Waals surface area contributed by atoms with E-state index in [-0.39, 0.29) is 0 Å². The molecule has 1 fully saturated rings. The van der Waals surface area contributed by atoms with E-state index in [2.05, 4.69) is 26.3 Å². The number of nitriles is 1. The number of imidazole rings is 1. The van der Waals surface area contributed by atoms with Crippen molar-refractivity contribution in [3.8, 4) is 17.6 Å². The second-order valence-corrected chi connectivity index (χ2v) is 11.5. The Morgan fingerprint density at radius 3 is 2.58 bits per heavy atom. The van der Waals surface area contributed by atoms with E-state index >= 15 is 0 Å². The number of ether oxygens (including phenoxy) is 3. The molecular formula is C32H31ClN6O3S. The standard InChI is InChI=1S/C32H31ClN6O3S/c1-3-41-28-16-21-14-25-27(15-22(21)17-29(28)42-13-10-39-8-11-40-12-9-39)36-20-23(19-34)31(25)37-24-4-5-30(26(33)18-24)43-32-35-6-7-38(32)2/h4-7,14-18,20H,3,8-13H2,1-2H3,(H,36,37). The zero-order valence-electron chi connectivity index (χ0n) is 24.0. The van der Waals surface area contributed by atoms with E-state index in [1.54, 1.807) is 12.4 Å². The summed E-state index contributed by atoms with van der Waals surface area (Å²) in [6.07, 6.45) is 5.25. The Morgan fingerprint density at radius 2 is 1.86 bits per heavy atom. The minimum atomic E-state index is 0.433. The Hall–Kier alpha value is -4.01. The van der Waals surface area contributed by atoms with Crippen molar-refractivity contribution in [1.29, 1.82) is 5.26 Å². The summed E-state index contributed by atoms with van der Waals surface area (Å²) < 4.78 is 19.6. The van der Waals surface area contributed by atoms with Crippen LogP contribution in [0.1, 0.15) is 12.5 Å². The van der Waals surface area contributed by atoms with E-state index in [1.807, 2.05) is 67.2 Å². The fraction of sp³-hybridized carbons (Fsp3) is 0.281. The van der Waals surface area contributed by atoms with Crippen LogP contribution in [0.3, 0.4) is 0 Å². The van der Waals surface area contributed by atoms with E-state index in [0.717, 1.165) is 70.3 Å². The molecule has 1 saturated heterocycles. The van der Waals surface area contributed by atoms with Crippen molar-refractivity contribution in [1.82, 2.24) is 19.4 Å². The van der Waals surface area contributed by atoms with Crippen molar-refractivity contribution < 1.29 is 14.2 Å². The number of aromatic nitrogens is 3. The van der Waals surface area contributed by atoms with Gasteiger partial charge in [0.2, 0.25) is 0 Å². The number of halogens is 1. The van der Waals surface area contributed by atoms with Crippen molar-refractivity contribution in [2.45, 2.75) is 17.0 Å². The Balaban J connectivity index is 1.30. The predicted molar refractivity (Wildman–Crippen MR) is 170 cm³/mol. The highest BCUT2D eigenvalue weighted by Crippen LogP contribution is 2.39. The Morgan fingerprint density at radius 1 is 1.07 bits per heavy atom. The summed E-state index contributed by atoms with van der Waals surface area (Å²) in [4.78, 5) is 12.2. The van der Waals surface area contributed by atoms with Crippen LogP contribution in [0.5, 0.6) is 11.5 Å². The molecule has 1 N–H and O–H groups in total. The van der Waals surface area contributed by atoms with Crippen molar-refractivity contribution in [3.63, 3.8) is 0 Å². The first-order chi connectivity index (χ1) is 21.0. The summed E-state index contributed by atoms with van der Waals surface area (Å²) in [5, 5.41) is 17.6. The number of nitrogens with zero attached hydrogens (tertiary/aromatic N) is 5. The number of hydrogen-bond acceptors (Lipinski definition) is 9. The van der Waals surface area contributed by atoms with Gasteiger partial charge >= 0.3 is 0 Å². The first kappa shape index (κ1) is 29.1. The summed E-state index contributed by atoms with van der Waals surface area (Å²) in [6.45, 7) is 7.20. The molecule has 0 spiro atoms. The van der Waals surface area contributed by atoms with Crippen molar-refractivity contribution in [2.24, 2.45) is 7.05 Å². The lowest BCUT2D eigenvalue weighted by Gasteiger charge is -2.26. The quantitative estimate of drug-likeness (QED) is 0.173. The third-order valence-electron chi connectivity index (χ3n) is 7.26. The molecule has 3 heterocycles. The van der Waals surface area contributed by atoms with Crippen LogP contribution in [0.15, 0.2) is 71.1 Å². The normalized spacial score (nSPS) is 13.7. The molecule has 0 radical (unpaired) electrons. The summed E-state index contributed by atoms with van der Waals surface area (Å²) in [5.41, 5.74) is 2.61. The highest BCUT2D eigenvalue weighted by molar-refractivity contribution is 7.99. The van der Waals surface area contributed by atoms with Gasteiger partial charge in [-0.2, -0.15) is 5.26 Å². The van der Waals surface area contributed by atoms with Gasteiger partial charge in [0.25, 0.3) is 0 Å². The molecule has 2 aromatic heterocycles. The highest BCUT2D eigenvalue weighted by Gasteiger charge is 2.16. The molecule has 6 rings (SSSR count). The number of benzene rings is 3. The third kappa shape index (κ3) is 6.50. The monoisotopic (exact) mass is 614 g/mol. The maximum absolute atomic E-state index is 9.95. The van der Waals surface area contributed by atoms with E-state index in [9.17, 15) is 5.26 Å². The molecular weight excluding hydrogens is 584 g/mol. The van der Waals surface area contributed by atoms with Gasteiger partial charge in [0.15, 0.2) is 16.7 Å². The predicted octanol–water partition coefficient (Wildman–Crippen LogP) is 6.65. The molecule has 1 aliphatic rings. The third-order valence-corrected chi connectivity index (χ3v) is 8.83. The molecule has 0 amide bonds. The molecule has 1 aliphatic heterocycles. The molecule has 0 bridgehead atoms. The van der Waals surface area contributed by atoms with Gasteiger partial charge in [0, 0.05) is 61.2 Å². The molecule has 43 heavy (non-hydrogen) atoms. The van der Waals surface area contributed by atoms with Gasteiger partial charge in [-0.15, -0.1) is 0 Å². The second kappa shape index (κ2) is 13.1. The zero-order chi connectivity index (χ0) is 29.8. The average Bonchev–Trinajstić information content (AvgIpc) is 3.42. The van der Waals surface area contributed by atoms with Gasteiger partial charge in [-0.1, -0.05) is 23.4 Å². The van der Waals surface area contributed by atoms with Gasteiger partial charge < -0.3 is 24.1 Å². The smallest absolute Gasteiger partial charge is 0.172 e. The SMILES string of the molecule is CCOc1cc2cc3c(Nc4ccc(Sc5nccn5C)c(Cl)c4)c(C#N)cnc3cc2cc1OCCN1CCOCC1. The lowest BCUT2D eigenvalue weighted by molar-refractivity contribution is 0.0321. The average molecular weight is 615 g/mol. The largest absolute Gasteiger partial charge is 0.490 e. The number of anilines is 2. The maximum Gasteiger partial charge on any atom is 0.172 e. The van der Waals surface area contributed by atoms with Gasteiger partial charge in [0.1, 0.15) is 12.7 Å². The molecule has 11 heteroatoms. The topological polar surface area (TPSA) is 97.5 Å². The number of rotatable bonds is 10. The summed E-state index contributed by atoms with van der Waals surface area (Å²) in [5.74, 6) is 1.38. The molecule has 220 valence electrons. The number of morpholine rings is 1. The van der Waals surface area contributed by atoms with Crippen LogP contribution >= 0.6 is 23.4 Å². The first-order valence-electron chi connectivity index (χ1n) is 14.1. The van der Waals surface area contributed by atoms with Gasteiger partial charge in [-0.3, -0.25) is 9.88 Å². The minimum absolute atomic E-state index is 0.433. The number of fused-ring (bicyclic) bond motifs is 2. The number of nitrogens with one attached hydrogen (secondary N) is 1. The molecule has 0 aliphatic carbocycles. The van der Waals surface area contributed by atoms with Crippen molar-refractivity contribution >= 4 is 56.4 Å². The van der Waals surface area contributed by atoms with Crippen LogP contribution in [0.4, 0.5) is 11.4 Å². The number of hydrogen-bond donors (Lipinski definition) is 1. The van der Waals surface area contributed by atoms with Crippen LogP contribution in [0.25, 0.3) is 21.7 Å². The minimum Gasteiger partial charge on any atom is -0.490 e. The molecule has 5 aromatic rings.